The van der Waals surface area contributed by atoms with Crippen molar-refractivity contribution in [2.75, 3.05) is 6.54 Å². The Balaban J connectivity index is 2.77. The third-order valence-electron chi connectivity index (χ3n) is 2.30. The summed E-state index contributed by atoms with van der Waals surface area (Å²) in [6.07, 6.45) is -0.739. The van der Waals surface area contributed by atoms with Crippen LogP contribution in [0.1, 0.15) is 12.5 Å². The number of halogens is 2. The van der Waals surface area contributed by atoms with Gasteiger partial charge in [0.25, 0.3) is 5.91 Å². The van der Waals surface area contributed by atoms with Crippen LogP contribution in [-0.2, 0) is 4.79 Å². The molecule has 1 rings (SSSR count). The summed E-state index contributed by atoms with van der Waals surface area (Å²) >= 11 is 12.0. The van der Waals surface area contributed by atoms with Crippen molar-refractivity contribution in [2.24, 2.45) is 0 Å². The normalized spacial score (nSPS) is 11.5. The first-order chi connectivity index (χ1) is 8.47. The Bertz CT molecular complexity index is 498. The Morgan fingerprint density at radius 2 is 2.22 bits per heavy atom. The Kier molecular flexibility index (Phi) is 5.26. The molecule has 1 unspecified atom stereocenters. The zero-order chi connectivity index (χ0) is 13.7. The van der Waals surface area contributed by atoms with E-state index in [9.17, 15) is 4.79 Å². The van der Waals surface area contributed by atoms with Gasteiger partial charge in [0, 0.05) is 5.02 Å². The van der Waals surface area contributed by atoms with E-state index in [1.165, 1.54) is 0 Å². The van der Waals surface area contributed by atoms with Crippen molar-refractivity contribution >= 4 is 29.1 Å². The number of nitriles is 1. The van der Waals surface area contributed by atoms with E-state index in [0.29, 0.717) is 21.4 Å². The fourth-order valence-corrected chi connectivity index (χ4v) is 1.66. The summed E-state index contributed by atoms with van der Waals surface area (Å²) in [4.78, 5) is 11.5. The van der Waals surface area contributed by atoms with Gasteiger partial charge in [0.15, 0.2) is 6.10 Å². The summed E-state index contributed by atoms with van der Waals surface area (Å²) in [5.74, 6) is 0.0124. The SMILES string of the molecule is Cc1c(Cl)ccc(OC(C)C(=O)NCC#N)c1Cl. The van der Waals surface area contributed by atoms with E-state index in [-0.39, 0.29) is 12.5 Å². The number of hydrogen-bond donors (Lipinski definition) is 1. The quantitative estimate of drug-likeness (QED) is 0.866. The van der Waals surface area contributed by atoms with E-state index in [2.05, 4.69) is 5.32 Å². The van der Waals surface area contributed by atoms with E-state index < -0.39 is 6.10 Å². The highest BCUT2D eigenvalue weighted by Gasteiger charge is 2.16. The van der Waals surface area contributed by atoms with Crippen molar-refractivity contribution in [3.05, 3.63) is 27.7 Å². The molecule has 6 heteroatoms. The first-order valence-electron chi connectivity index (χ1n) is 5.23. The molecule has 0 spiro atoms. The van der Waals surface area contributed by atoms with Gasteiger partial charge in [-0.3, -0.25) is 4.79 Å². The monoisotopic (exact) mass is 286 g/mol. The largest absolute Gasteiger partial charge is 0.479 e. The number of amides is 1. The molecule has 18 heavy (non-hydrogen) atoms. The molecule has 0 aliphatic rings. The number of rotatable bonds is 4. The van der Waals surface area contributed by atoms with Crippen LogP contribution in [-0.4, -0.2) is 18.6 Å². The molecule has 0 aromatic heterocycles. The Labute approximate surface area is 115 Å². The molecule has 4 nitrogen and oxygen atoms in total. The van der Waals surface area contributed by atoms with E-state index in [1.54, 1.807) is 26.0 Å². The maximum atomic E-state index is 11.5. The number of ether oxygens (including phenoxy) is 1. The molecule has 1 aromatic rings. The van der Waals surface area contributed by atoms with Crippen molar-refractivity contribution < 1.29 is 9.53 Å². The Morgan fingerprint density at radius 3 is 2.83 bits per heavy atom. The molecule has 1 aromatic carbocycles. The third-order valence-corrected chi connectivity index (χ3v) is 3.18. The second kappa shape index (κ2) is 6.48. The number of carbonyl (C=O) groups excluding carboxylic acids is 1. The maximum absolute atomic E-state index is 11.5. The number of nitrogens with zero attached hydrogens (tertiary/aromatic N) is 1. The van der Waals surface area contributed by atoms with Crippen LogP contribution in [0.5, 0.6) is 5.75 Å². The standard InChI is InChI=1S/C12H12Cl2N2O2/c1-7-9(13)3-4-10(11(7)14)18-8(2)12(17)16-6-5-15/h3-4,8H,6H2,1-2H3,(H,16,17). The van der Waals surface area contributed by atoms with Crippen molar-refractivity contribution in [1.29, 1.82) is 5.26 Å². The molecule has 1 atom stereocenters. The van der Waals surface area contributed by atoms with Crippen LogP contribution >= 0.6 is 23.2 Å². The zero-order valence-electron chi connectivity index (χ0n) is 9.96. The lowest BCUT2D eigenvalue weighted by Crippen LogP contribution is -2.36. The van der Waals surface area contributed by atoms with Gasteiger partial charge >= 0.3 is 0 Å². The first-order valence-corrected chi connectivity index (χ1v) is 5.99. The van der Waals surface area contributed by atoms with Gasteiger partial charge in [-0.25, -0.2) is 0 Å². The van der Waals surface area contributed by atoms with Crippen molar-refractivity contribution in [2.45, 2.75) is 20.0 Å². The summed E-state index contributed by atoms with van der Waals surface area (Å²) in [7, 11) is 0. The first kappa shape index (κ1) is 14.6. The zero-order valence-corrected chi connectivity index (χ0v) is 11.5. The highest BCUT2D eigenvalue weighted by Crippen LogP contribution is 2.33. The molecule has 0 saturated heterocycles. The lowest BCUT2D eigenvalue weighted by molar-refractivity contribution is -0.127. The summed E-state index contributed by atoms with van der Waals surface area (Å²) in [6.45, 7) is 3.28. The molecule has 0 aliphatic heterocycles. The molecular weight excluding hydrogens is 275 g/mol. The van der Waals surface area contributed by atoms with Gasteiger partial charge in [-0.2, -0.15) is 5.26 Å². The van der Waals surface area contributed by atoms with Gasteiger partial charge in [0.2, 0.25) is 0 Å². The molecule has 0 heterocycles. The third kappa shape index (κ3) is 3.52. The smallest absolute Gasteiger partial charge is 0.261 e. The Morgan fingerprint density at radius 1 is 1.56 bits per heavy atom. The maximum Gasteiger partial charge on any atom is 0.261 e. The van der Waals surface area contributed by atoms with Crippen LogP contribution in [0.3, 0.4) is 0 Å². The van der Waals surface area contributed by atoms with Gasteiger partial charge in [0.05, 0.1) is 11.1 Å². The molecule has 0 radical (unpaired) electrons. The Hall–Kier alpha value is -1.44. The summed E-state index contributed by atoms with van der Waals surface area (Å²) in [6, 6.07) is 5.07. The molecule has 0 aliphatic carbocycles. The van der Waals surface area contributed by atoms with Gasteiger partial charge in [0.1, 0.15) is 12.3 Å². The number of carbonyl (C=O) groups is 1. The van der Waals surface area contributed by atoms with Crippen LogP contribution in [0.4, 0.5) is 0 Å². The van der Waals surface area contributed by atoms with Crippen LogP contribution in [0.25, 0.3) is 0 Å². The molecule has 96 valence electrons. The lowest BCUT2D eigenvalue weighted by atomic mass is 10.2. The average molecular weight is 287 g/mol. The van der Waals surface area contributed by atoms with Crippen LogP contribution < -0.4 is 10.1 Å². The highest BCUT2D eigenvalue weighted by atomic mass is 35.5. The predicted molar refractivity (Wildman–Crippen MR) is 69.9 cm³/mol. The second-order valence-electron chi connectivity index (χ2n) is 3.62. The van der Waals surface area contributed by atoms with E-state index >= 15 is 0 Å². The number of benzene rings is 1. The minimum Gasteiger partial charge on any atom is -0.479 e. The fourth-order valence-electron chi connectivity index (χ4n) is 1.24. The van der Waals surface area contributed by atoms with Crippen LogP contribution in [0, 0.1) is 18.3 Å². The average Bonchev–Trinajstić information content (AvgIpc) is 2.36. The van der Waals surface area contributed by atoms with E-state index in [0.717, 1.165) is 0 Å². The minimum absolute atomic E-state index is 0.0556. The van der Waals surface area contributed by atoms with E-state index in [1.807, 2.05) is 6.07 Å². The van der Waals surface area contributed by atoms with Crippen molar-refractivity contribution in [1.82, 2.24) is 5.32 Å². The highest BCUT2D eigenvalue weighted by molar-refractivity contribution is 6.36. The predicted octanol–water partition coefficient (Wildman–Crippen LogP) is 2.71. The van der Waals surface area contributed by atoms with E-state index in [4.69, 9.17) is 33.2 Å². The molecule has 0 fully saturated rings. The van der Waals surface area contributed by atoms with Gasteiger partial charge in [-0.05, 0) is 31.5 Å². The second-order valence-corrected chi connectivity index (χ2v) is 4.41. The molecule has 0 bridgehead atoms. The summed E-state index contributed by atoms with van der Waals surface area (Å²) in [5.41, 5.74) is 0.695. The number of hydrogen-bond acceptors (Lipinski definition) is 3. The van der Waals surface area contributed by atoms with Gasteiger partial charge in [-0.1, -0.05) is 23.2 Å². The molecule has 0 saturated carbocycles. The lowest BCUT2D eigenvalue weighted by Gasteiger charge is -2.16. The summed E-state index contributed by atoms with van der Waals surface area (Å²) in [5, 5.41) is 11.7. The summed E-state index contributed by atoms with van der Waals surface area (Å²) < 4.78 is 5.43. The van der Waals surface area contributed by atoms with Crippen molar-refractivity contribution in [3.63, 3.8) is 0 Å². The van der Waals surface area contributed by atoms with Crippen molar-refractivity contribution in [3.8, 4) is 11.8 Å². The molecule has 1 N–H and O–H groups in total. The number of nitrogens with one attached hydrogen (secondary N) is 1. The topological polar surface area (TPSA) is 62.1 Å². The molecule has 1 amide bonds. The van der Waals surface area contributed by atoms with Gasteiger partial charge in [-0.15, -0.1) is 0 Å². The minimum atomic E-state index is -0.739. The molecular formula is C12H12Cl2N2O2. The van der Waals surface area contributed by atoms with Crippen LogP contribution in [0.2, 0.25) is 10.0 Å². The van der Waals surface area contributed by atoms with Crippen LogP contribution in [0.15, 0.2) is 12.1 Å². The van der Waals surface area contributed by atoms with Gasteiger partial charge < -0.3 is 10.1 Å². The fraction of sp³-hybridized carbons (Fsp3) is 0.333.